The van der Waals surface area contributed by atoms with Crippen molar-refractivity contribution in [2.45, 2.75) is 31.7 Å². The summed E-state index contributed by atoms with van der Waals surface area (Å²) in [5.74, 6) is -0.476. The van der Waals surface area contributed by atoms with E-state index in [9.17, 15) is 14.0 Å². The van der Waals surface area contributed by atoms with Crippen LogP contribution < -0.4 is 5.32 Å². The fourth-order valence-electron chi connectivity index (χ4n) is 3.06. The predicted octanol–water partition coefficient (Wildman–Crippen LogP) is 3.00. The van der Waals surface area contributed by atoms with Gasteiger partial charge in [-0.1, -0.05) is 17.4 Å². The predicted molar refractivity (Wildman–Crippen MR) is 90.7 cm³/mol. The van der Waals surface area contributed by atoms with Crippen molar-refractivity contribution in [2.75, 3.05) is 11.9 Å². The molecule has 25 heavy (non-hydrogen) atoms. The number of benzene rings is 1. The number of carbonyl (C=O) groups is 2. The third-order valence-corrected chi connectivity index (χ3v) is 5.49. The molecule has 1 saturated heterocycles. The quantitative estimate of drug-likeness (QED) is 0.909. The highest BCUT2D eigenvalue weighted by molar-refractivity contribution is 7.13. The Labute approximate surface area is 148 Å². The Morgan fingerprint density at radius 3 is 2.84 bits per heavy atom. The van der Waals surface area contributed by atoms with Crippen LogP contribution >= 0.6 is 11.3 Å². The summed E-state index contributed by atoms with van der Waals surface area (Å²) in [7, 11) is 0. The number of hydrogen-bond acceptors (Lipinski definition) is 5. The Morgan fingerprint density at radius 1 is 1.24 bits per heavy atom. The van der Waals surface area contributed by atoms with E-state index in [1.807, 2.05) is 4.90 Å². The molecule has 2 aromatic rings. The average Bonchev–Trinajstić information content (AvgIpc) is 3.12. The largest absolute Gasteiger partial charge is 0.333 e. The molecule has 4 rings (SSSR count). The minimum Gasteiger partial charge on any atom is -0.333 e. The fraction of sp³-hybridized carbons (Fsp3) is 0.412. The molecule has 1 aromatic heterocycles. The summed E-state index contributed by atoms with van der Waals surface area (Å²) in [6, 6.07) is 5.60. The second kappa shape index (κ2) is 6.51. The second-order valence-electron chi connectivity index (χ2n) is 6.37. The van der Waals surface area contributed by atoms with Crippen molar-refractivity contribution in [1.29, 1.82) is 0 Å². The van der Waals surface area contributed by atoms with Gasteiger partial charge in [-0.2, -0.15) is 0 Å². The van der Waals surface area contributed by atoms with Crippen LogP contribution in [0.15, 0.2) is 24.3 Å². The summed E-state index contributed by atoms with van der Waals surface area (Å²) < 4.78 is 13.2. The fourth-order valence-corrected chi connectivity index (χ4v) is 3.95. The van der Waals surface area contributed by atoms with Crippen LogP contribution in [0.5, 0.6) is 0 Å². The number of likely N-dealkylation sites (tertiary alicyclic amines) is 1. The first-order valence-electron chi connectivity index (χ1n) is 8.32. The maximum atomic E-state index is 13.2. The van der Waals surface area contributed by atoms with Gasteiger partial charge in [0.05, 0.1) is 6.04 Å². The number of nitrogens with one attached hydrogen (secondary N) is 1. The molecule has 1 aromatic carbocycles. The van der Waals surface area contributed by atoms with Gasteiger partial charge < -0.3 is 10.2 Å². The molecule has 1 aliphatic heterocycles. The van der Waals surface area contributed by atoms with E-state index in [0.29, 0.717) is 10.7 Å². The van der Waals surface area contributed by atoms with Crippen molar-refractivity contribution in [1.82, 2.24) is 15.1 Å². The van der Waals surface area contributed by atoms with Crippen LogP contribution in [0, 0.1) is 11.7 Å². The average molecular weight is 360 g/mol. The van der Waals surface area contributed by atoms with Crippen molar-refractivity contribution in [2.24, 2.45) is 5.92 Å². The number of rotatable bonds is 4. The molecule has 1 N–H and O–H groups in total. The molecule has 1 saturated carbocycles. The maximum absolute atomic E-state index is 13.2. The van der Waals surface area contributed by atoms with E-state index < -0.39 is 11.7 Å². The molecule has 2 aliphatic rings. The summed E-state index contributed by atoms with van der Waals surface area (Å²) in [5, 5.41) is 11.6. The lowest BCUT2D eigenvalue weighted by molar-refractivity contribution is -0.133. The van der Waals surface area contributed by atoms with Crippen LogP contribution in [-0.2, 0) is 4.79 Å². The zero-order valence-electron chi connectivity index (χ0n) is 13.4. The van der Waals surface area contributed by atoms with Crippen molar-refractivity contribution in [3.63, 3.8) is 0 Å². The Hall–Kier alpha value is -2.35. The molecular formula is C17H17FN4O2S. The first-order chi connectivity index (χ1) is 12.1. The normalized spacial score (nSPS) is 19.9. The summed E-state index contributed by atoms with van der Waals surface area (Å²) >= 11 is 1.19. The summed E-state index contributed by atoms with van der Waals surface area (Å²) in [5.41, 5.74) is 0.369. The minimum atomic E-state index is -0.424. The summed E-state index contributed by atoms with van der Waals surface area (Å²) in [6.45, 7) is 0.740. The zero-order chi connectivity index (χ0) is 17.4. The van der Waals surface area contributed by atoms with E-state index in [2.05, 4.69) is 15.5 Å². The highest BCUT2D eigenvalue weighted by Crippen LogP contribution is 2.39. The van der Waals surface area contributed by atoms with Crippen molar-refractivity contribution in [3.8, 4) is 0 Å². The van der Waals surface area contributed by atoms with Crippen LogP contribution in [0.4, 0.5) is 10.1 Å². The molecule has 1 aliphatic carbocycles. The van der Waals surface area contributed by atoms with Gasteiger partial charge in [0.1, 0.15) is 10.8 Å². The lowest BCUT2D eigenvalue weighted by Crippen LogP contribution is -2.31. The summed E-state index contributed by atoms with van der Waals surface area (Å²) in [6.07, 6.45) is 3.73. The lowest BCUT2D eigenvalue weighted by Gasteiger charge is -2.22. The number of anilines is 1. The van der Waals surface area contributed by atoms with Gasteiger partial charge in [-0.15, -0.1) is 10.2 Å². The number of halogens is 1. The third kappa shape index (κ3) is 3.39. The maximum Gasteiger partial charge on any atom is 0.286 e. The smallest absolute Gasteiger partial charge is 0.286 e. The Bertz CT molecular complexity index is 820. The molecule has 1 atom stereocenters. The van der Waals surface area contributed by atoms with E-state index in [0.717, 1.165) is 32.2 Å². The molecular weight excluding hydrogens is 343 g/mol. The lowest BCUT2D eigenvalue weighted by atomic mass is 10.2. The van der Waals surface area contributed by atoms with E-state index in [1.165, 1.54) is 29.5 Å². The number of nitrogens with zero attached hydrogens (tertiary/aromatic N) is 3. The molecule has 0 bridgehead atoms. The summed E-state index contributed by atoms with van der Waals surface area (Å²) in [4.78, 5) is 26.5. The van der Waals surface area contributed by atoms with E-state index in [1.54, 1.807) is 6.07 Å². The Kier molecular flexibility index (Phi) is 4.20. The first kappa shape index (κ1) is 16.1. The van der Waals surface area contributed by atoms with Crippen molar-refractivity contribution >= 4 is 28.8 Å². The number of aromatic nitrogens is 2. The first-order valence-corrected chi connectivity index (χ1v) is 9.14. The van der Waals surface area contributed by atoms with Crippen molar-refractivity contribution < 1.29 is 14.0 Å². The molecule has 8 heteroatoms. The van der Waals surface area contributed by atoms with Gasteiger partial charge in [-0.3, -0.25) is 9.59 Å². The number of amides is 2. The van der Waals surface area contributed by atoms with Gasteiger partial charge in [0.2, 0.25) is 10.9 Å². The zero-order valence-corrected chi connectivity index (χ0v) is 14.3. The van der Waals surface area contributed by atoms with Crippen molar-refractivity contribution in [3.05, 3.63) is 40.1 Å². The van der Waals surface area contributed by atoms with Crippen LogP contribution in [-0.4, -0.2) is 33.5 Å². The molecule has 2 heterocycles. The molecule has 0 unspecified atom stereocenters. The van der Waals surface area contributed by atoms with Gasteiger partial charge >= 0.3 is 0 Å². The van der Waals surface area contributed by atoms with Crippen LogP contribution in [0.2, 0.25) is 0 Å². The van der Waals surface area contributed by atoms with Crippen LogP contribution in [0.3, 0.4) is 0 Å². The second-order valence-corrected chi connectivity index (χ2v) is 7.38. The van der Waals surface area contributed by atoms with Gasteiger partial charge in [0, 0.05) is 18.2 Å². The van der Waals surface area contributed by atoms with E-state index in [4.69, 9.17) is 0 Å². The van der Waals surface area contributed by atoms with Gasteiger partial charge in [-0.05, 0) is 43.9 Å². The van der Waals surface area contributed by atoms with Gasteiger partial charge in [0.15, 0.2) is 0 Å². The van der Waals surface area contributed by atoms with Gasteiger partial charge in [0.25, 0.3) is 5.91 Å². The SMILES string of the molecule is O=C(Nc1cccc(F)c1)c1nnc([C@H]2CCCN2C(=O)C2CC2)s1. The molecule has 0 spiro atoms. The molecule has 0 radical (unpaired) electrons. The topological polar surface area (TPSA) is 75.2 Å². The highest BCUT2D eigenvalue weighted by atomic mass is 32.1. The third-order valence-electron chi connectivity index (χ3n) is 4.46. The Balaban J connectivity index is 1.47. The Morgan fingerprint density at radius 2 is 2.08 bits per heavy atom. The monoisotopic (exact) mass is 360 g/mol. The van der Waals surface area contributed by atoms with E-state index in [-0.39, 0.29) is 22.9 Å². The molecule has 2 amide bonds. The molecule has 130 valence electrons. The van der Waals surface area contributed by atoms with E-state index >= 15 is 0 Å². The molecule has 2 fully saturated rings. The number of hydrogen-bond donors (Lipinski definition) is 1. The van der Waals surface area contributed by atoms with Gasteiger partial charge in [-0.25, -0.2) is 4.39 Å². The molecule has 6 nitrogen and oxygen atoms in total. The number of carbonyl (C=O) groups excluding carboxylic acids is 2. The highest BCUT2D eigenvalue weighted by Gasteiger charge is 2.40. The standard InChI is InChI=1S/C17H17FN4O2S/c18-11-3-1-4-12(9-11)19-14(23)16-21-20-15(25-16)13-5-2-8-22(13)17(24)10-6-7-10/h1,3-4,9-10,13H,2,5-8H2,(H,19,23)/t13-/m1/s1. The van der Waals surface area contributed by atoms with Crippen LogP contribution in [0.1, 0.15) is 46.5 Å². The minimum absolute atomic E-state index is 0.0821. The van der Waals surface area contributed by atoms with Crippen LogP contribution in [0.25, 0.3) is 0 Å².